The maximum atomic E-state index is 14.5. The van der Waals surface area contributed by atoms with Crippen LogP contribution >= 0.6 is 15.9 Å². The Morgan fingerprint density at radius 1 is 1.17 bits per heavy atom. The predicted molar refractivity (Wildman–Crippen MR) is 178 cm³/mol. The van der Waals surface area contributed by atoms with E-state index in [4.69, 9.17) is 14.2 Å². The first-order chi connectivity index (χ1) is 22.7. The summed E-state index contributed by atoms with van der Waals surface area (Å²) < 4.78 is 17.4. The van der Waals surface area contributed by atoms with E-state index in [9.17, 15) is 24.3 Å². The Labute approximate surface area is 282 Å². The predicted octanol–water partition coefficient (Wildman–Crippen LogP) is 3.32. The van der Waals surface area contributed by atoms with Gasteiger partial charge in [0, 0.05) is 30.0 Å². The van der Waals surface area contributed by atoms with Gasteiger partial charge in [-0.1, -0.05) is 58.4 Å². The van der Waals surface area contributed by atoms with Crippen molar-refractivity contribution < 1.29 is 38.5 Å². The highest BCUT2D eigenvalue weighted by Crippen LogP contribution is 2.60. The molecule has 2 aromatic carbocycles. The van der Waals surface area contributed by atoms with Crippen LogP contribution in [0, 0.1) is 11.8 Å². The minimum Gasteiger partial charge on any atom is -0.497 e. The Morgan fingerprint density at radius 2 is 1.89 bits per heavy atom. The number of esters is 1. The number of β-amino-alcohol motifs (C(OH)–C–C–N with tert-alkyl or cyclic N) is 1. The van der Waals surface area contributed by atoms with Crippen LogP contribution in [-0.4, -0.2) is 89.7 Å². The molecule has 2 N–H and O–H groups in total. The molecule has 3 saturated heterocycles. The fraction of sp³-hybridized carbons (Fsp3) is 0.429. The first kappa shape index (κ1) is 34.3. The average Bonchev–Trinajstić information content (AvgIpc) is 3.68. The largest absolute Gasteiger partial charge is 0.497 e. The summed E-state index contributed by atoms with van der Waals surface area (Å²) in [6, 6.07) is 14.3. The third kappa shape index (κ3) is 6.59. The number of nitrogens with zero attached hydrogens (tertiary/aromatic N) is 2. The number of nitrogens with one attached hydrogen (secondary N) is 1. The summed E-state index contributed by atoms with van der Waals surface area (Å²) in [7, 11) is 1.55. The molecule has 1 unspecified atom stereocenters. The maximum absolute atomic E-state index is 14.5. The van der Waals surface area contributed by atoms with Crippen molar-refractivity contribution in [2.75, 3.05) is 38.3 Å². The normalized spacial score (nSPS) is 26.3. The Bertz CT molecular complexity index is 1490. The standard InChI is InChI=1S/C35H40BrN3O8/c1-4-6-12-27(41)46-21-26(22-10-8-7-9-11-22)37-32(42)28-29-33(43)39(18-19-40)31(35(29)20-25(36)30(28)47-35)34(44)38(17-5-2)23-13-15-24(45-3)16-14-23/h4-5,7-11,13-16,25-26,28-31,40H,1-2,6,12,17-21H2,3H3,(H,37,42)/t25?,26-,28-,29+,30-,31-,35+/m0/s1. The second kappa shape index (κ2) is 14.8. The van der Waals surface area contributed by atoms with E-state index in [0.29, 0.717) is 24.3 Å². The second-order valence-corrected chi connectivity index (χ2v) is 13.0. The summed E-state index contributed by atoms with van der Waals surface area (Å²) in [5.74, 6) is -3.02. The molecule has 3 aliphatic rings. The Hall–Kier alpha value is -4.00. The van der Waals surface area contributed by atoms with Crippen molar-refractivity contribution in [3.8, 4) is 5.75 Å². The van der Waals surface area contributed by atoms with Gasteiger partial charge in [0.25, 0.3) is 5.91 Å². The first-order valence-electron chi connectivity index (χ1n) is 15.6. The summed E-state index contributed by atoms with van der Waals surface area (Å²) in [5, 5.41) is 13.0. The highest BCUT2D eigenvalue weighted by Gasteiger charge is 2.76. The molecular formula is C35H40BrN3O8. The average molecular weight is 711 g/mol. The van der Waals surface area contributed by atoms with E-state index in [0.717, 1.165) is 5.56 Å². The van der Waals surface area contributed by atoms with Gasteiger partial charge in [0.15, 0.2) is 0 Å². The molecule has 0 aliphatic carbocycles. The minimum absolute atomic E-state index is 0.110. The maximum Gasteiger partial charge on any atom is 0.306 e. The van der Waals surface area contributed by atoms with Crippen molar-refractivity contribution in [3.63, 3.8) is 0 Å². The lowest BCUT2D eigenvalue weighted by Crippen LogP contribution is -2.57. The zero-order chi connectivity index (χ0) is 33.7. The third-order valence-corrected chi connectivity index (χ3v) is 9.96. The van der Waals surface area contributed by atoms with Gasteiger partial charge in [-0.3, -0.25) is 19.2 Å². The fourth-order valence-corrected chi connectivity index (χ4v) is 8.00. The molecule has 250 valence electrons. The van der Waals surface area contributed by atoms with Gasteiger partial charge in [-0.25, -0.2) is 0 Å². The van der Waals surface area contributed by atoms with Crippen LogP contribution in [0.5, 0.6) is 5.75 Å². The molecule has 3 amide bonds. The van der Waals surface area contributed by atoms with Crippen molar-refractivity contribution in [1.82, 2.24) is 10.2 Å². The van der Waals surface area contributed by atoms with Crippen LogP contribution in [0.25, 0.3) is 0 Å². The number of likely N-dealkylation sites (tertiary alicyclic amines) is 1. The number of halogens is 1. The highest BCUT2D eigenvalue weighted by molar-refractivity contribution is 9.09. The minimum atomic E-state index is -1.32. The number of hydrogen-bond donors (Lipinski definition) is 2. The van der Waals surface area contributed by atoms with Gasteiger partial charge in [-0.15, -0.1) is 13.2 Å². The van der Waals surface area contributed by atoms with Gasteiger partial charge in [-0.2, -0.15) is 0 Å². The van der Waals surface area contributed by atoms with Gasteiger partial charge in [0.1, 0.15) is 24.0 Å². The van der Waals surface area contributed by atoms with E-state index in [2.05, 4.69) is 34.4 Å². The zero-order valence-corrected chi connectivity index (χ0v) is 27.8. The van der Waals surface area contributed by atoms with Crippen LogP contribution in [0.15, 0.2) is 79.9 Å². The molecule has 3 heterocycles. The summed E-state index contributed by atoms with van der Waals surface area (Å²) in [5.41, 5.74) is -0.0357. The van der Waals surface area contributed by atoms with Crippen molar-refractivity contribution in [3.05, 3.63) is 85.5 Å². The Kier molecular flexibility index (Phi) is 10.8. The number of aliphatic hydroxyl groups is 1. The molecule has 2 bridgehead atoms. The van der Waals surface area contributed by atoms with Crippen LogP contribution in [-0.2, 0) is 28.7 Å². The number of rotatable bonds is 15. The topological polar surface area (TPSA) is 135 Å². The van der Waals surface area contributed by atoms with E-state index in [1.165, 1.54) is 9.80 Å². The molecule has 11 nitrogen and oxygen atoms in total. The number of allylic oxidation sites excluding steroid dienone is 1. The molecule has 0 radical (unpaired) electrons. The smallest absolute Gasteiger partial charge is 0.306 e. The quantitative estimate of drug-likeness (QED) is 0.164. The van der Waals surface area contributed by atoms with Crippen molar-refractivity contribution in [2.24, 2.45) is 11.8 Å². The number of alkyl halides is 1. The van der Waals surface area contributed by atoms with E-state index < -0.39 is 59.3 Å². The zero-order valence-electron chi connectivity index (χ0n) is 26.3. The molecule has 7 atom stereocenters. The molecule has 2 aromatic rings. The van der Waals surface area contributed by atoms with Crippen molar-refractivity contribution >= 4 is 45.3 Å². The summed E-state index contributed by atoms with van der Waals surface area (Å²) >= 11 is 3.69. The number of ether oxygens (including phenoxy) is 3. The van der Waals surface area contributed by atoms with Gasteiger partial charge < -0.3 is 34.4 Å². The number of methoxy groups -OCH3 is 1. The lowest BCUT2D eigenvalue weighted by molar-refractivity contribution is -0.146. The Morgan fingerprint density at radius 3 is 2.53 bits per heavy atom. The summed E-state index contributed by atoms with van der Waals surface area (Å²) in [4.78, 5) is 57.8. The summed E-state index contributed by atoms with van der Waals surface area (Å²) in [6.07, 6.45) is 3.46. The second-order valence-electron chi connectivity index (χ2n) is 11.8. The Balaban J connectivity index is 1.46. The highest BCUT2D eigenvalue weighted by atomic mass is 79.9. The van der Waals surface area contributed by atoms with Crippen LogP contribution in [0.2, 0.25) is 0 Å². The number of fused-ring (bicyclic) bond motifs is 1. The van der Waals surface area contributed by atoms with E-state index in [1.807, 2.05) is 30.3 Å². The van der Waals surface area contributed by atoms with Gasteiger partial charge >= 0.3 is 5.97 Å². The van der Waals surface area contributed by atoms with Crippen molar-refractivity contribution in [2.45, 2.75) is 47.9 Å². The molecular weight excluding hydrogens is 670 g/mol. The van der Waals surface area contributed by atoms with E-state index >= 15 is 0 Å². The van der Waals surface area contributed by atoms with Crippen LogP contribution in [0.1, 0.15) is 30.9 Å². The first-order valence-corrected chi connectivity index (χ1v) is 16.5. The van der Waals surface area contributed by atoms with Crippen molar-refractivity contribution in [1.29, 1.82) is 0 Å². The number of anilines is 1. The molecule has 1 spiro atoms. The molecule has 47 heavy (non-hydrogen) atoms. The SMILES string of the molecule is C=CCCC(=O)OC[C@H](NC(=O)[C@@H]1[C@H]2O[C@@]3(CC2Br)[C@H](C(=O)N(CC=C)c2ccc(OC)cc2)N(CCO)C(=O)[C@@H]13)c1ccccc1. The van der Waals surface area contributed by atoms with Crippen LogP contribution in [0.4, 0.5) is 5.69 Å². The summed E-state index contributed by atoms with van der Waals surface area (Å²) in [6.45, 7) is 7.01. The van der Waals surface area contributed by atoms with Gasteiger partial charge in [-0.05, 0) is 42.7 Å². The number of carbonyl (C=O) groups excluding carboxylic acids is 4. The molecule has 5 rings (SSSR count). The number of benzene rings is 2. The van der Waals surface area contributed by atoms with Crippen LogP contribution in [0.3, 0.4) is 0 Å². The molecule has 0 saturated carbocycles. The fourth-order valence-electron chi connectivity index (χ4n) is 7.06. The number of amides is 3. The van der Waals surface area contributed by atoms with Gasteiger partial charge in [0.2, 0.25) is 11.8 Å². The third-order valence-electron chi connectivity index (χ3n) is 9.11. The molecule has 12 heteroatoms. The molecule has 0 aromatic heterocycles. The number of carbonyl (C=O) groups is 4. The monoisotopic (exact) mass is 709 g/mol. The van der Waals surface area contributed by atoms with E-state index in [1.54, 1.807) is 43.5 Å². The molecule has 3 fully saturated rings. The number of aliphatic hydroxyl groups excluding tert-OH is 1. The lowest BCUT2D eigenvalue weighted by Gasteiger charge is -2.37. The van der Waals surface area contributed by atoms with E-state index in [-0.39, 0.29) is 37.6 Å². The number of hydrogen-bond acceptors (Lipinski definition) is 8. The molecule has 3 aliphatic heterocycles. The van der Waals surface area contributed by atoms with Gasteiger partial charge in [0.05, 0.1) is 37.7 Å². The lowest BCUT2D eigenvalue weighted by atomic mass is 9.70. The van der Waals surface area contributed by atoms with Crippen LogP contribution < -0.4 is 15.0 Å².